The molecule has 1 N–H and O–H groups in total. The summed E-state index contributed by atoms with van der Waals surface area (Å²) in [5.74, 6) is -0.104. The lowest BCUT2D eigenvalue weighted by atomic mass is 9.79. The average Bonchev–Trinajstić information content (AvgIpc) is 2.47. The van der Waals surface area contributed by atoms with Crippen molar-refractivity contribution >= 4 is 15.9 Å². The van der Waals surface area contributed by atoms with Crippen LogP contribution in [0.1, 0.15) is 44.6 Å². The lowest BCUT2D eigenvalue weighted by molar-refractivity contribution is 0.0565. The Kier molecular flexibility index (Phi) is 4.67. The molecule has 2 nitrogen and oxygen atoms in total. The Morgan fingerprint density at radius 2 is 2.10 bits per heavy atom. The minimum Gasteiger partial charge on any atom is -0.308 e. The van der Waals surface area contributed by atoms with Crippen LogP contribution in [0.25, 0.3) is 0 Å². The molecule has 21 heavy (non-hydrogen) atoms. The maximum atomic E-state index is 14.1. The number of nitrogens with one attached hydrogen (secondary N) is 1. The van der Waals surface area contributed by atoms with Crippen LogP contribution < -0.4 is 5.32 Å². The highest BCUT2D eigenvalue weighted by Crippen LogP contribution is 2.32. The number of halogens is 2. The van der Waals surface area contributed by atoms with E-state index < -0.39 is 0 Å². The highest BCUT2D eigenvalue weighted by Gasteiger charge is 2.38. The summed E-state index contributed by atoms with van der Waals surface area (Å²) in [5, 5.41) is 3.78. The van der Waals surface area contributed by atoms with E-state index in [0.29, 0.717) is 12.6 Å². The van der Waals surface area contributed by atoms with Gasteiger partial charge in [0.25, 0.3) is 0 Å². The molecule has 1 saturated carbocycles. The molecule has 0 bridgehead atoms. The molecule has 2 fully saturated rings. The highest BCUT2D eigenvalue weighted by molar-refractivity contribution is 9.10. The van der Waals surface area contributed by atoms with E-state index in [4.69, 9.17) is 0 Å². The van der Waals surface area contributed by atoms with Crippen LogP contribution in [0.2, 0.25) is 0 Å². The van der Waals surface area contributed by atoms with E-state index in [-0.39, 0.29) is 11.4 Å². The maximum Gasteiger partial charge on any atom is 0.128 e. The van der Waals surface area contributed by atoms with E-state index in [1.54, 1.807) is 6.07 Å². The molecule has 2 aliphatic rings. The van der Waals surface area contributed by atoms with Crippen LogP contribution in [0.3, 0.4) is 0 Å². The fourth-order valence-corrected chi connectivity index (χ4v) is 4.07. The second-order valence-corrected chi connectivity index (χ2v) is 7.63. The summed E-state index contributed by atoms with van der Waals surface area (Å²) in [6, 6.07) is 5.86. The van der Waals surface area contributed by atoms with Gasteiger partial charge in [0.2, 0.25) is 0 Å². The van der Waals surface area contributed by atoms with Gasteiger partial charge in [0.05, 0.1) is 0 Å². The van der Waals surface area contributed by atoms with Gasteiger partial charge in [0.15, 0.2) is 0 Å². The van der Waals surface area contributed by atoms with Crippen LogP contribution in [-0.2, 0) is 6.54 Å². The molecule has 1 spiro atoms. The fraction of sp³-hybridized carbons (Fsp3) is 0.647. The second kappa shape index (κ2) is 6.35. The molecule has 0 amide bonds. The minimum absolute atomic E-state index is 0.104. The van der Waals surface area contributed by atoms with Crippen molar-refractivity contribution in [3.8, 4) is 0 Å². The molecule has 116 valence electrons. The largest absolute Gasteiger partial charge is 0.308 e. The fourth-order valence-electron chi connectivity index (χ4n) is 3.74. The van der Waals surface area contributed by atoms with E-state index in [9.17, 15) is 4.39 Å². The first-order chi connectivity index (χ1) is 10.1. The average molecular weight is 355 g/mol. The predicted molar refractivity (Wildman–Crippen MR) is 87.8 cm³/mol. The number of benzene rings is 1. The smallest absolute Gasteiger partial charge is 0.128 e. The highest BCUT2D eigenvalue weighted by atomic mass is 79.9. The zero-order valence-electron chi connectivity index (χ0n) is 12.7. The molecule has 0 radical (unpaired) electrons. The van der Waals surface area contributed by atoms with Crippen molar-refractivity contribution in [2.24, 2.45) is 0 Å². The predicted octanol–water partition coefficient (Wildman–Crippen LogP) is 4.08. The number of piperazine rings is 1. The molecule has 4 heteroatoms. The van der Waals surface area contributed by atoms with Crippen LogP contribution in [-0.4, -0.2) is 29.6 Å². The number of nitrogens with zero attached hydrogens (tertiary/aromatic N) is 1. The Morgan fingerprint density at radius 1 is 1.33 bits per heavy atom. The summed E-state index contributed by atoms with van der Waals surface area (Å²) in [7, 11) is 0. The van der Waals surface area contributed by atoms with Crippen LogP contribution in [0.4, 0.5) is 4.39 Å². The molecule has 1 unspecified atom stereocenters. The summed E-state index contributed by atoms with van der Waals surface area (Å²) in [6.07, 6.45) is 6.53. The monoisotopic (exact) mass is 354 g/mol. The van der Waals surface area contributed by atoms with E-state index in [2.05, 4.69) is 33.1 Å². The van der Waals surface area contributed by atoms with Crippen molar-refractivity contribution in [3.63, 3.8) is 0 Å². The van der Waals surface area contributed by atoms with Crippen LogP contribution in [0, 0.1) is 5.82 Å². The summed E-state index contributed by atoms with van der Waals surface area (Å²) in [6.45, 7) is 5.00. The summed E-state index contributed by atoms with van der Waals surface area (Å²) >= 11 is 3.33. The third-order valence-electron chi connectivity index (χ3n) is 5.10. The molecule has 0 aromatic heterocycles. The Balaban J connectivity index is 1.73. The van der Waals surface area contributed by atoms with Crippen molar-refractivity contribution in [2.45, 2.75) is 57.2 Å². The van der Waals surface area contributed by atoms with Gasteiger partial charge >= 0.3 is 0 Å². The summed E-state index contributed by atoms with van der Waals surface area (Å²) in [5.41, 5.74) is 1.08. The number of hydrogen-bond acceptors (Lipinski definition) is 2. The Hall–Kier alpha value is -0.450. The Bertz CT molecular complexity index is 500. The SMILES string of the molecule is CC1CNC2(CCCCC2)CN1Cc1ccc(Br)cc1F. The van der Waals surface area contributed by atoms with Crippen LogP contribution >= 0.6 is 15.9 Å². The first kappa shape index (κ1) is 15.4. The van der Waals surface area contributed by atoms with Crippen molar-refractivity contribution in [3.05, 3.63) is 34.1 Å². The summed E-state index contributed by atoms with van der Waals surface area (Å²) < 4.78 is 14.9. The molecule has 1 aliphatic carbocycles. The molecular formula is C17H24BrFN2. The molecule has 1 atom stereocenters. The molecule has 1 aromatic rings. The molecule has 1 saturated heterocycles. The topological polar surface area (TPSA) is 15.3 Å². The van der Waals surface area contributed by atoms with Crippen LogP contribution in [0.15, 0.2) is 22.7 Å². The first-order valence-corrected chi connectivity index (χ1v) is 8.80. The number of rotatable bonds is 2. The lowest BCUT2D eigenvalue weighted by Gasteiger charge is -2.49. The molecule has 1 aromatic carbocycles. The van der Waals surface area contributed by atoms with Gasteiger partial charge in [-0.15, -0.1) is 0 Å². The van der Waals surface area contributed by atoms with Crippen LogP contribution in [0.5, 0.6) is 0 Å². The Morgan fingerprint density at radius 3 is 2.81 bits per heavy atom. The normalized spacial score (nSPS) is 26.1. The Labute approximate surface area is 135 Å². The van der Waals surface area contributed by atoms with E-state index >= 15 is 0 Å². The quantitative estimate of drug-likeness (QED) is 0.860. The van der Waals surface area contributed by atoms with E-state index in [0.717, 1.165) is 23.1 Å². The van der Waals surface area contributed by atoms with E-state index in [1.807, 2.05) is 12.1 Å². The van der Waals surface area contributed by atoms with Gasteiger partial charge in [0, 0.05) is 41.3 Å². The zero-order chi connectivity index (χ0) is 14.9. The second-order valence-electron chi connectivity index (χ2n) is 6.71. The van der Waals surface area contributed by atoms with Gasteiger partial charge < -0.3 is 5.32 Å². The third kappa shape index (κ3) is 3.49. The van der Waals surface area contributed by atoms with Crippen molar-refractivity contribution in [1.29, 1.82) is 0 Å². The van der Waals surface area contributed by atoms with Gasteiger partial charge in [-0.3, -0.25) is 4.90 Å². The van der Waals surface area contributed by atoms with E-state index in [1.165, 1.54) is 32.1 Å². The minimum atomic E-state index is -0.104. The van der Waals surface area contributed by atoms with Gasteiger partial charge in [-0.05, 0) is 31.9 Å². The van der Waals surface area contributed by atoms with Crippen molar-refractivity contribution in [1.82, 2.24) is 10.2 Å². The first-order valence-electron chi connectivity index (χ1n) is 8.01. The zero-order valence-corrected chi connectivity index (χ0v) is 14.3. The molecule has 1 aliphatic heterocycles. The van der Waals surface area contributed by atoms with Gasteiger partial charge in [0.1, 0.15) is 5.82 Å². The van der Waals surface area contributed by atoms with Crippen molar-refractivity contribution in [2.75, 3.05) is 13.1 Å². The van der Waals surface area contributed by atoms with Gasteiger partial charge in [-0.2, -0.15) is 0 Å². The van der Waals surface area contributed by atoms with Crippen molar-refractivity contribution < 1.29 is 4.39 Å². The molecular weight excluding hydrogens is 331 g/mol. The van der Waals surface area contributed by atoms with Gasteiger partial charge in [-0.1, -0.05) is 41.3 Å². The lowest BCUT2D eigenvalue weighted by Crippen LogP contribution is -2.63. The maximum absolute atomic E-state index is 14.1. The molecule has 3 rings (SSSR count). The number of hydrogen-bond donors (Lipinski definition) is 1. The summed E-state index contributed by atoms with van der Waals surface area (Å²) in [4.78, 5) is 2.45. The standard InChI is InChI=1S/C17H24BrFN2/c1-13-10-20-17(7-3-2-4-8-17)12-21(13)11-14-5-6-15(18)9-16(14)19/h5-6,9,13,20H,2-4,7-8,10-12H2,1H3. The van der Waals surface area contributed by atoms with Gasteiger partial charge in [-0.25, -0.2) is 4.39 Å². The third-order valence-corrected chi connectivity index (χ3v) is 5.59. The molecule has 1 heterocycles.